The minimum atomic E-state index is -0.501. The van der Waals surface area contributed by atoms with E-state index in [-0.39, 0.29) is 22.7 Å². The van der Waals surface area contributed by atoms with Crippen LogP contribution in [0.1, 0.15) is 37.4 Å². The van der Waals surface area contributed by atoms with Gasteiger partial charge < -0.3 is 14.7 Å². The van der Waals surface area contributed by atoms with E-state index in [2.05, 4.69) is 30.9 Å². The minimum absolute atomic E-state index is 0.155. The average Bonchev–Trinajstić information content (AvgIpc) is 2.89. The number of hydrogen-bond donors (Lipinski definition) is 0. The molecule has 8 heteroatoms. The summed E-state index contributed by atoms with van der Waals surface area (Å²) < 4.78 is 0. The monoisotopic (exact) mass is 486 g/mol. The van der Waals surface area contributed by atoms with Gasteiger partial charge in [-0.1, -0.05) is 30.3 Å². The molecule has 3 aromatic rings. The van der Waals surface area contributed by atoms with E-state index in [0.29, 0.717) is 37.4 Å². The average molecular weight is 487 g/mol. The van der Waals surface area contributed by atoms with Gasteiger partial charge in [0.15, 0.2) is 5.78 Å². The molecular formula is C28H30N4O4. The van der Waals surface area contributed by atoms with Gasteiger partial charge in [0.1, 0.15) is 5.69 Å². The summed E-state index contributed by atoms with van der Waals surface area (Å²) >= 11 is 0. The van der Waals surface area contributed by atoms with Crippen LogP contribution in [0.2, 0.25) is 0 Å². The molecule has 1 aliphatic rings. The van der Waals surface area contributed by atoms with Gasteiger partial charge in [-0.05, 0) is 49.2 Å². The number of ketones is 1. The molecule has 0 aromatic heterocycles. The minimum Gasteiger partial charge on any atom is -0.372 e. The van der Waals surface area contributed by atoms with Crippen molar-refractivity contribution < 1.29 is 14.5 Å². The number of amides is 1. The SMILES string of the molecule is Cc1cccc(N2CCN(C(=O)c3ccccc3C(=O)c3ccc(N(C)C)c([N+](=O)[O-])c3)CC2)c1C. The van der Waals surface area contributed by atoms with Crippen LogP contribution >= 0.6 is 0 Å². The molecule has 8 nitrogen and oxygen atoms in total. The lowest BCUT2D eigenvalue weighted by atomic mass is 9.96. The summed E-state index contributed by atoms with van der Waals surface area (Å²) in [5.74, 6) is -0.625. The van der Waals surface area contributed by atoms with Crippen LogP contribution in [0.4, 0.5) is 17.1 Å². The summed E-state index contributed by atoms with van der Waals surface area (Å²) in [4.78, 5) is 43.7. The van der Waals surface area contributed by atoms with Crippen LogP contribution in [-0.2, 0) is 0 Å². The van der Waals surface area contributed by atoms with Crippen molar-refractivity contribution in [3.8, 4) is 0 Å². The smallest absolute Gasteiger partial charge is 0.293 e. The van der Waals surface area contributed by atoms with Gasteiger partial charge in [0, 0.05) is 63.2 Å². The van der Waals surface area contributed by atoms with Crippen molar-refractivity contribution in [1.82, 2.24) is 4.90 Å². The van der Waals surface area contributed by atoms with E-state index in [1.54, 1.807) is 60.3 Å². The first-order valence-corrected chi connectivity index (χ1v) is 11.9. The third kappa shape index (κ3) is 4.79. The van der Waals surface area contributed by atoms with Crippen molar-refractivity contribution in [3.63, 3.8) is 0 Å². The molecule has 36 heavy (non-hydrogen) atoms. The second-order valence-electron chi connectivity index (χ2n) is 9.23. The molecule has 1 amide bonds. The van der Waals surface area contributed by atoms with Crippen molar-refractivity contribution >= 4 is 28.8 Å². The summed E-state index contributed by atoms with van der Waals surface area (Å²) in [6, 6.07) is 17.3. The number of benzene rings is 3. The van der Waals surface area contributed by atoms with E-state index in [1.807, 2.05) is 6.07 Å². The highest BCUT2D eigenvalue weighted by Gasteiger charge is 2.27. The molecule has 0 spiro atoms. The molecule has 1 fully saturated rings. The highest BCUT2D eigenvalue weighted by molar-refractivity contribution is 6.15. The van der Waals surface area contributed by atoms with Gasteiger partial charge >= 0.3 is 0 Å². The highest BCUT2D eigenvalue weighted by atomic mass is 16.6. The van der Waals surface area contributed by atoms with Crippen molar-refractivity contribution in [2.75, 3.05) is 50.1 Å². The number of rotatable bonds is 6. The van der Waals surface area contributed by atoms with Crippen molar-refractivity contribution in [3.05, 3.63) is 98.6 Å². The van der Waals surface area contributed by atoms with Crippen molar-refractivity contribution in [1.29, 1.82) is 0 Å². The Bertz CT molecular complexity index is 1330. The molecular weight excluding hydrogens is 456 g/mol. The molecule has 0 N–H and O–H groups in total. The normalized spacial score (nSPS) is 13.4. The van der Waals surface area contributed by atoms with Crippen LogP contribution in [0.25, 0.3) is 0 Å². The molecule has 4 rings (SSSR count). The standard InChI is InChI=1S/C28H30N4O4/c1-19-8-7-11-24(20(19)2)30-14-16-31(17-15-30)28(34)23-10-6-5-9-22(23)27(33)21-12-13-25(29(3)4)26(18-21)32(35)36/h5-13,18H,14-17H2,1-4H3. The molecule has 0 saturated carbocycles. The predicted molar refractivity (Wildman–Crippen MR) is 141 cm³/mol. The maximum Gasteiger partial charge on any atom is 0.293 e. The molecule has 0 bridgehead atoms. The topological polar surface area (TPSA) is 87.0 Å². The fraction of sp³-hybridized carbons (Fsp3) is 0.286. The zero-order chi connectivity index (χ0) is 26.0. The van der Waals surface area contributed by atoms with E-state index in [4.69, 9.17) is 0 Å². The van der Waals surface area contributed by atoms with Gasteiger partial charge in [-0.2, -0.15) is 0 Å². The van der Waals surface area contributed by atoms with Crippen LogP contribution < -0.4 is 9.80 Å². The van der Waals surface area contributed by atoms with Gasteiger partial charge in [0.2, 0.25) is 0 Å². The molecule has 1 aliphatic heterocycles. The Morgan fingerprint density at radius 3 is 2.19 bits per heavy atom. The number of nitrogens with zero attached hydrogens (tertiary/aromatic N) is 4. The van der Waals surface area contributed by atoms with Gasteiger partial charge in [-0.3, -0.25) is 19.7 Å². The molecule has 0 unspecified atom stereocenters. The predicted octanol–water partition coefficient (Wildman–Crippen LogP) is 4.47. The Morgan fingerprint density at radius 2 is 1.56 bits per heavy atom. The number of nitro groups is 1. The summed E-state index contributed by atoms with van der Waals surface area (Å²) in [6.45, 7) is 6.68. The van der Waals surface area contributed by atoms with Gasteiger partial charge in [0.05, 0.1) is 10.5 Å². The maximum absolute atomic E-state index is 13.5. The molecule has 1 heterocycles. The summed E-state index contributed by atoms with van der Waals surface area (Å²) in [5.41, 5.74) is 4.63. The zero-order valence-corrected chi connectivity index (χ0v) is 21.0. The Balaban J connectivity index is 1.56. The fourth-order valence-electron chi connectivity index (χ4n) is 4.61. The lowest BCUT2D eigenvalue weighted by Crippen LogP contribution is -2.49. The molecule has 0 radical (unpaired) electrons. The first-order chi connectivity index (χ1) is 17.2. The lowest BCUT2D eigenvalue weighted by Gasteiger charge is -2.37. The fourth-order valence-corrected chi connectivity index (χ4v) is 4.61. The molecule has 0 atom stereocenters. The van der Waals surface area contributed by atoms with Crippen LogP contribution in [0.15, 0.2) is 60.7 Å². The largest absolute Gasteiger partial charge is 0.372 e. The Hall–Kier alpha value is -4.20. The maximum atomic E-state index is 13.5. The lowest BCUT2D eigenvalue weighted by molar-refractivity contribution is -0.384. The second-order valence-corrected chi connectivity index (χ2v) is 9.23. The van der Waals surface area contributed by atoms with Gasteiger partial charge in [-0.15, -0.1) is 0 Å². The third-order valence-corrected chi connectivity index (χ3v) is 6.80. The van der Waals surface area contributed by atoms with Crippen LogP contribution in [0.5, 0.6) is 0 Å². The number of aryl methyl sites for hydroxylation is 1. The number of hydrogen-bond acceptors (Lipinski definition) is 6. The Kier molecular flexibility index (Phi) is 7.05. The van der Waals surface area contributed by atoms with Crippen molar-refractivity contribution in [2.45, 2.75) is 13.8 Å². The highest BCUT2D eigenvalue weighted by Crippen LogP contribution is 2.29. The first-order valence-electron chi connectivity index (χ1n) is 11.9. The van der Waals surface area contributed by atoms with Crippen LogP contribution in [-0.4, -0.2) is 61.8 Å². The van der Waals surface area contributed by atoms with Crippen LogP contribution in [0, 0.1) is 24.0 Å². The Morgan fingerprint density at radius 1 is 0.889 bits per heavy atom. The van der Waals surface area contributed by atoms with E-state index in [0.717, 1.165) is 0 Å². The number of anilines is 2. The number of carbonyl (C=O) groups is 2. The van der Waals surface area contributed by atoms with E-state index >= 15 is 0 Å². The molecule has 186 valence electrons. The molecule has 0 aliphatic carbocycles. The summed E-state index contributed by atoms with van der Waals surface area (Å²) in [7, 11) is 3.41. The van der Waals surface area contributed by atoms with E-state index in [1.165, 1.54) is 22.9 Å². The Labute approximate surface area is 210 Å². The van der Waals surface area contributed by atoms with Crippen LogP contribution in [0.3, 0.4) is 0 Å². The number of carbonyl (C=O) groups excluding carboxylic acids is 2. The van der Waals surface area contributed by atoms with Crippen molar-refractivity contribution in [2.24, 2.45) is 0 Å². The van der Waals surface area contributed by atoms with Gasteiger partial charge in [-0.25, -0.2) is 0 Å². The molecule has 1 saturated heterocycles. The van der Waals surface area contributed by atoms with E-state index in [9.17, 15) is 19.7 Å². The number of nitro benzene ring substituents is 1. The number of piperazine rings is 1. The second kappa shape index (κ2) is 10.2. The quantitative estimate of drug-likeness (QED) is 0.290. The van der Waals surface area contributed by atoms with Gasteiger partial charge in [0.25, 0.3) is 11.6 Å². The zero-order valence-electron chi connectivity index (χ0n) is 21.0. The summed E-state index contributed by atoms with van der Waals surface area (Å²) in [6.07, 6.45) is 0. The first kappa shape index (κ1) is 24.9. The molecule has 3 aromatic carbocycles. The summed E-state index contributed by atoms with van der Waals surface area (Å²) in [5, 5.41) is 11.6. The van der Waals surface area contributed by atoms with E-state index < -0.39 is 10.7 Å². The third-order valence-electron chi connectivity index (χ3n) is 6.80.